The molecule has 1 saturated carbocycles. The van der Waals surface area contributed by atoms with Crippen molar-refractivity contribution in [3.05, 3.63) is 0 Å². The van der Waals surface area contributed by atoms with Crippen LogP contribution in [0.4, 0.5) is 0 Å². The van der Waals surface area contributed by atoms with Crippen LogP contribution in [0.5, 0.6) is 0 Å². The van der Waals surface area contributed by atoms with E-state index in [4.69, 9.17) is 9.47 Å². The Bertz CT molecular complexity index is 448. The molecule has 0 aliphatic heterocycles. The smallest absolute Gasteiger partial charge is 0.312 e. The molecule has 4 atom stereocenters. The lowest BCUT2D eigenvalue weighted by Gasteiger charge is -2.25. The van der Waals surface area contributed by atoms with E-state index in [1.54, 1.807) is 0 Å². The predicted molar refractivity (Wildman–Crippen MR) is 68.8 cm³/mol. The second-order valence-electron chi connectivity index (χ2n) is 4.82. The van der Waals surface area contributed by atoms with Gasteiger partial charge in [-0.25, -0.2) is 0 Å². The van der Waals surface area contributed by atoms with E-state index in [2.05, 4.69) is 10.1 Å². The Kier molecular flexibility index (Phi) is 5.69. The summed E-state index contributed by atoms with van der Waals surface area (Å²) in [4.78, 5) is 45.5. The average molecular weight is 301 g/mol. The molecule has 0 saturated heterocycles. The Morgan fingerprint density at radius 1 is 0.952 bits per heavy atom. The molecular weight excluding hydrogens is 282 g/mol. The molecule has 0 radical (unpaired) electrons. The van der Waals surface area contributed by atoms with Crippen molar-refractivity contribution in [2.75, 3.05) is 7.11 Å². The number of nitrogens with one attached hydrogen (secondary N) is 1. The largest absolute Gasteiger partial charge is 0.469 e. The van der Waals surface area contributed by atoms with Crippen LogP contribution in [-0.2, 0) is 33.4 Å². The first-order valence-corrected chi connectivity index (χ1v) is 6.45. The van der Waals surface area contributed by atoms with E-state index >= 15 is 0 Å². The molecule has 8 nitrogen and oxygen atoms in total. The SMILES string of the molecule is COC(=O)[C@H]1C[C@@H](NC(C)=O)[C@H](OC(C)=O)[C@@H]1OC(C)=O. The fraction of sp³-hybridized carbons (Fsp3) is 0.692. The highest BCUT2D eigenvalue weighted by Gasteiger charge is 2.51. The molecule has 0 aromatic rings. The molecule has 1 N–H and O–H groups in total. The van der Waals surface area contributed by atoms with Crippen molar-refractivity contribution in [1.29, 1.82) is 0 Å². The van der Waals surface area contributed by atoms with Crippen molar-refractivity contribution < 1.29 is 33.4 Å². The minimum Gasteiger partial charge on any atom is -0.469 e. The number of ether oxygens (including phenoxy) is 3. The highest BCUT2D eigenvalue weighted by molar-refractivity contribution is 5.77. The maximum Gasteiger partial charge on any atom is 0.312 e. The lowest BCUT2D eigenvalue weighted by Crippen LogP contribution is -2.46. The molecule has 8 heteroatoms. The Hall–Kier alpha value is -2.12. The number of esters is 3. The van der Waals surface area contributed by atoms with E-state index < -0.39 is 42.1 Å². The van der Waals surface area contributed by atoms with Gasteiger partial charge in [0.05, 0.1) is 19.1 Å². The minimum atomic E-state index is -0.990. The number of carbonyl (C=O) groups is 4. The molecule has 1 rings (SSSR count). The van der Waals surface area contributed by atoms with E-state index in [-0.39, 0.29) is 12.3 Å². The van der Waals surface area contributed by atoms with E-state index in [0.717, 1.165) is 0 Å². The van der Waals surface area contributed by atoms with E-state index in [1.165, 1.54) is 27.9 Å². The lowest BCUT2D eigenvalue weighted by molar-refractivity contribution is -0.170. The molecule has 0 bridgehead atoms. The standard InChI is InChI=1S/C13H19NO7/c1-6(15)14-10-5-9(13(18)19-4)11(20-7(2)16)12(10)21-8(3)17/h9-12H,5H2,1-4H3,(H,14,15)/t9-,10+,11+,12-/m0/s1. The van der Waals surface area contributed by atoms with Crippen LogP contribution in [0.3, 0.4) is 0 Å². The quantitative estimate of drug-likeness (QED) is 0.553. The maximum atomic E-state index is 11.8. The van der Waals surface area contributed by atoms with Crippen LogP contribution in [0.15, 0.2) is 0 Å². The van der Waals surface area contributed by atoms with Crippen molar-refractivity contribution in [3.63, 3.8) is 0 Å². The molecule has 0 heterocycles. The summed E-state index contributed by atoms with van der Waals surface area (Å²) in [5, 5.41) is 2.59. The second-order valence-corrected chi connectivity index (χ2v) is 4.82. The van der Waals surface area contributed by atoms with Gasteiger partial charge in [0.2, 0.25) is 5.91 Å². The highest BCUT2D eigenvalue weighted by atomic mass is 16.6. The molecule has 0 spiro atoms. The fourth-order valence-corrected chi connectivity index (χ4v) is 2.47. The van der Waals surface area contributed by atoms with Crippen molar-refractivity contribution in [3.8, 4) is 0 Å². The highest BCUT2D eigenvalue weighted by Crippen LogP contribution is 2.32. The molecule has 0 aromatic heterocycles. The molecule has 0 unspecified atom stereocenters. The first-order chi connectivity index (χ1) is 9.76. The van der Waals surface area contributed by atoms with Gasteiger partial charge < -0.3 is 19.5 Å². The number of rotatable bonds is 4. The molecule has 118 valence electrons. The lowest BCUT2D eigenvalue weighted by atomic mass is 10.1. The Morgan fingerprint density at radius 2 is 1.48 bits per heavy atom. The van der Waals surface area contributed by atoms with Gasteiger partial charge in [0.25, 0.3) is 0 Å². The number of amides is 1. The molecule has 1 fully saturated rings. The summed E-state index contributed by atoms with van der Waals surface area (Å²) in [6, 6.07) is -0.625. The van der Waals surface area contributed by atoms with Crippen LogP contribution >= 0.6 is 0 Å². The van der Waals surface area contributed by atoms with Crippen molar-refractivity contribution in [1.82, 2.24) is 5.32 Å². The summed E-state index contributed by atoms with van der Waals surface area (Å²) in [6.45, 7) is 3.68. The average Bonchev–Trinajstić information content (AvgIpc) is 2.65. The molecule has 1 aliphatic rings. The zero-order valence-corrected chi connectivity index (χ0v) is 12.4. The maximum absolute atomic E-state index is 11.8. The van der Waals surface area contributed by atoms with Crippen molar-refractivity contribution in [2.24, 2.45) is 5.92 Å². The Labute approximate surface area is 122 Å². The van der Waals surface area contributed by atoms with E-state index in [9.17, 15) is 19.2 Å². The number of carbonyl (C=O) groups excluding carboxylic acids is 4. The summed E-state index contributed by atoms with van der Waals surface area (Å²) in [6.07, 6.45) is -1.77. The van der Waals surface area contributed by atoms with E-state index in [0.29, 0.717) is 0 Å². The number of hydrogen-bond donors (Lipinski definition) is 1. The van der Waals surface area contributed by atoms with Crippen LogP contribution < -0.4 is 5.32 Å². The van der Waals surface area contributed by atoms with Crippen LogP contribution in [0, 0.1) is 5.92 Å². The molecule has 0 aromatic carbocycles. The summed E-state index contributed by atoms with van der Waals surface area (Å²) in [7, 11) is 1.21. The third-order valence-corrected chi connectivity index (χ3v) is 3.12. The van der Waals surface area contributed by atoms with E-state index in [1.807, 2.05) is 0 Å². The predicted octanol–water partition coefficient (Wildman–Crippen LogP) is -0.453. The van der Waals surface area contributed by atoms with Crippen LogP contribution in [0.25, 0.3) is 0 Å². The molecule has 1 aliphatic carbocycles. The number of hydrogen-bond acceptors (Lipinski definition) is 7. The van der Waals surface area contributed by atoms with Gasteiger partial charge in [-0.3, -0.25) is 19.2 Å². The first-order valence-electron chi connectivity index (χ1n) is 6.45. The van der Waals surface area contributed by atoms with Crippen LogP contribution in [-0.4, -0.2) is 49.2 Å². The van der Waals surface area contributed by atoms with Crippen LogP contribution in [0.2, 0.25) is 0 Å². The topological polar surface area (TPSA) is 108 Å². The second kappa shape index (κ2) is 7.05. The van der Waals surface area contributed by atoms with Gasteiger partial charge >= 0.3 is 17.9 Å². The normalized spacial score (nSPS) is 27.6. The zero-order chi connectivity index (χ0) is 16.2. The zero-order valence-electron chi connectivity index (χ0n) is 12.4. The first kappa shape index (κ1) is 16.9. The fourth-order valence-electron chi connectivity index (χ4n) is 2.47. The van der Waals surface area contributed by atoms with Gasteiger partial charge in [-0.15, -0.1) is 0 Å². The van der Waals surface area contributed by atoms with Gasteiger partial charge in [0.1, 0.15) is 0 Å². The summed E-state index contributed by atoms with van der Waals surface area (Å²) in [5.41, 5.74) is 0. The number of methoxy groups -OCH3 is 1. The van der Waals surface area contributed by atoms with Crippen LogP contribution in [0.1, 0.15) is 27.2 Å². The van der Waals surface area contributed by atoms with Gasteiger partial charge in [0, 0.05) is 20.8 Å². The molecule has 21 heavy (non-hydrogen) atoms. The summed E-state index contributed by atoms with van der Waals surface area (Å²) in [5.74, 6) is -2.96. The van der Waals surface area contributed by atoms with Gasteiger partial charge in [-0.05, 0) is 6.42 Å². The third-order valence-electron chi connectivity index (χ3n) is 3.12. The Balaban J connectivity index is 3.05. The minimum absolute atomic E-state index is 0.155. The van der Waals surface area contributed by atoms with Crippen molar-refractivity contribution >= 4 is 23.8 Å². The molecule has 1 amide bonds. The third kappa shape index (κ3) is 4.44. The van der Waals surface area contributed by atoms with Gasteiger partial charge in [-0.1, -0.05) is 0 Å². The Morgan fingerprint density at radius 3 is 1.90 bits per heavy atom. The monoisotopic (exact) mass is 301 g/mol. The van der Waals surface area contributed by atoms with Gasteiger partial charge in [0.15, 0.2) is 12.2 Å². The summed E-state index contributed by atoms with van der Waals surface area (Å²) < 4.78 is 14.9. The van der Waals surface area contributed by atoms with Gasteiger partial charge in [-0.2, -0.15) is 0 Å². The summed E-state index contributed by atoms with van der Waals surface area (Å²) >= 11 is 0. The van der Waals surface area contributed by atoms with Crippen molar-refractivity contribution in [2.45, 2.75) is 45.4 Å². The molecular formula is C13H19NO7.